The monoisotopic (exact) mass is 298 g/mol. The number of hydrogen-bond acceptors (Lipinski definition) is 3. The molecule has 2 rings (SSSR count). The average molecular weight is 299 g/mol. The molecule has 1 aromatic rings. The van der Waals surface area contributed by atoms with Crippen LogP contribution >= 0.6 is 15.9 Å². The number of hydrogen-bond donors (Lipinski definition) is 3. The molecule has 1 fully saturated rings. The van der Waals surface area contributed by atoms with E-state index in [4.69, 9.17) is 5.73 Å². The van der Waals surface area contributed by atoms with Crippen LogP contribution in [0.4, 0.5) is 5.69 Å². The van der Waals surface area contributed by atoms with Crippen LogP contribution in [0.3, 0.4) is 0 Å². The van der Waals surface area contributed by atoms with E-state index in [1.165, 1.54) is 0 Å². The second-order valence-electron chi connectivity index (χ2n) is 4.74. The van der Waals surface area contributed by atoms with Gasteiger partial charge in [-0.15, -0.1) is 0 Å². The Labute approximate surface area is 111 Å². The third-order valence-electron chi connectivity index (χ3n) is 3.33. The van der Waals surface area contributed by atoms with Crippen molar-refractivity contribution in [1.29, 1.82) is 0 Å². The zero-order valence-corrected chi connectivity index (χ0v) is 11.4. The highest BCUT2D eigenvalue weighted by Crippen LogP contribution is 2.21. The van der Waals surface area contributed by atoms with Crippen molar-refractivity contribution in [3.8, 4) is 0 Å². The summed E-state index contributed by atoms with van der Waals surface area (Å²) in [4.78, 5) is 0. The van der Waals surface area contributed by atoms with E-state index in [0.717, 1.165) is 48.0 Å². The van der Waals surface area contributed by atoms with Gasteiger partial charge in [0.15, 0.2) is 0 Å². The van der Waals surface area contributed by atoms with Gasteiger partial charge in [0.2, 0.25) is 0 Å². The summed E-state index contributed by atoms with van der Waals surface area (Å²) in [5.41, 5.74) is 7.85. The molecule has 1 aliphatic rings. The molecule has 0 amide bonds. The normalized spacial score (nSPS) is 24.8. The minimum absolute atomic E-state index is 0.138. The maximum Gasteiger partial charge on any atom is 0.0555 e. The fraction of sp³-hybridized carbons (Fsp3) is 0.538. The lowest BCUT2D eigenvalue weighted by Gasteiger charge is -2.27. The number of nitrogen functional groups attached to an aromatic ring is 1. The van der Waals surface area contributed by atoms with Crippen molar-refractivity contribution in [2.45, 2.75) is 44.4 Å². The Balaban J connectivity index is 1.90. The Morgan fingerprint density at radius 3 is 3.00 bits per heavy atom. The fourth-order valence-corrected chi connectivity index (χ4v) is 2.74. The van der Waals surface area contributed by atoms with Gasteiger partial charge in [-0.25, -0.2) is 0 Å². The van der Waals surface area contributed by atoms with Crippen molar-refractivity contribution < 1.29 is 5.11 Å². The van der Waals surface area contributed by atoms with Crippen LogP contribution < -0.4 is 11.1 Å². The molecule has 0 unspecified atom stereocenters. The van der Waals surface area contributed by atoms with Gasteiger partial charge < -0.3 is 16.2 Å². The Morgan fingerprint density at radius 1 is 1.41 bits per heavy atom. The van der Waals surface area contributed by atoms with Crippen LogP contribution in [-0.4, -0.2) is 17.3 Å². The zero-order chi connectivity index (χ0) is 12.3. The summed E-state index contributed by atoms with van der Waals surface area (Å²) >= 11 is 3.45. The van der Waals surface area contributed by atoms with Crippen LogP contribution in [0.2, 0.25) is 0 Å². The number of halogens is 1. The highest BCUT2D eigenvalue weighted by atomic mass is 79.9. The SMILES string of the molecule is Nc1ccc(Br)cc1CN[C@H]1CCC[C@@H](O)C1. The van der Waals surface area contributed by atoms with Crippen LogP contribution in [0.1, 0.15) is 31.2 Å². The molecule has 1 aromatic carbocycles. The second kappa shape index (κ2) is 5.85. The standard InChI is InChI=1S/C13H19BrN2O/c14-10-4-5-13(15)9(6-10)8-16-11-2-1-3-12(17)7-11/h4-6,11-12,16-17H,1-3,7-8,15H2/t11-,12+/m0/s1. The van der Waals surface area contributed by atoms with Crippen molar-refractivity contribution >= 4 is 21.6 Å². The van der Waals surface area contributed by atoms with E-state index in [1.807, 2.05) is 18.2 Å². The zero-order valence-electron chi connectivity index (χ0n) is 9.82. The maximum atomic E-state index is 9.60. The Bertz CT molecular complexity index is 384. The summed E-state index contributed by atoms with van der Waals surface area (Å²) in [5.74, 6) is 0. The molecular weight excluding hydrogens is 280 g/mol. The van der Waals surface area contributed by atoms with Crippen molar-refractivity contribution in [1.82, 2.24) is 5.32 Å². The number of aliphatic hydroxyl groups is 1. The molecule has 0 bridgehead atoms. The lowest BCUT2D eigenvalue weighted by molar-refractivity contribution is 0.111. The van der Waals surface area contributed by atoms with Crippen molar-refractivity contribution in [3.05, 3.63) is 28.2 Å². The molecule has 0 spiro atoms. The number of aliphatic hydroxyl groups excluding tert-OH is 1. The van der Waals surface area contributed by atoms with E-state index in [-0.39, 0.29) is 6.10 Å². The van der Waals surface area contributed by atoms with Crippen molar-refractivity contribution in [3.63, 3.8) is 0 Å². The summed E-state index contributed by atoms with van der Waals surface area (Å²) < 4.78 is 1.05. The maximum absolute atomic E-state index is 9.60. The molecule has 0 saturated heterocycles. The van der Waals surface area contributed by atoms with Gasteiger partial charge in [0.05, 0.1) is 6.10 Å². The first kappa shape index (κ1) is 12.9. The molecule has 17 heavy (non-hydrogen) atoms. The fourth-order valence-electron chi connectivity index (χ4n) is 2.33. The van der Waals surface area contributed by atoms with Gasteiger partial charge in [-0.1, -0.05) is 15.9 Å². The van der Waals surface area contributed by atoms with Crippen LogP contribution in [0.25, 0.3) is 0 Å². The third kappa shape index (κ3) is 3.69. The molecule has 0 aliphatic heterocycles. The first-order valence-electron chi connectivity index (χ1n) is 6.10. The second-order valence-corrected chi connectivity index (χ2v) is 5.66. The van der Waals surface area contributed by atoms with E-state index in [2.05, 4.69) is 21.2 Å². The number of rotatable bonds is 3. The van der Waals surface area contributed by atoms with Crippen molar-refractivity contribution in [2.24, 2.45) is 0 Å². The average Bonchev–Trinajstić information content (AvgIpc) is 2.30. The molecule has 0 radical (unpaired) electrons. The minimum atomic E-state index is -0.138. The van der Waals surface area contributed by atoms with E-state index in [0.29, 0.717) is 6.04 Å². The number of nitrogens with one attached hydrogen (secondary N) is 1. The summed E-state index contributed by atoms with van der Waals surface area (Å²) in [5, 5.41) is 13.1. The molecular formula is C13H19BrN2O. The van der Waals surface area contributed by atoms with Gasteiger partial charge >= 0.3 is 0 Å². The molecule has 4 heteroatoms. The van der Waals surface area contributed by atoms with E-state index < -0.39 is 0 Å². The summed E-state index contributed by atoms with van der Waals surface area (Å²) in [6.45, 7) is 0.767. The summed E-state index contributed by atoms with van der Waals surface area (Å²) in [7, 11) is 0. The predicted molar refractivity (Wildman–Crippen MR) is 73.7 cm³/mol. The molecule has 3 nitrogen and oxygen atoms in total. The molecule has 2 atom stereocenters. The highest BCUT2D eigenvalue weighted by molar-refractivity contribution is 9.10. The van der Waals surface area contributed by atoms with Gasteiger partial charge in [-0.2, -0.15) is 0 Å². The molecule has 1 aliphatic carbocycles. The van der Waals surface area contributed by atoms with E-state index in [9.17, 15) is 5.11 Å². The smallest absolute Gasteiger partial charge is 0.0555 e. The lowest BCUT2D eigenvalue weighted by atomic mass is 9.93. The first-order chi connectivity index (χ1) is 8.15. The molecule has 1 saturated carbocycles. The topological polar surface area (TPSA) is 58.3 Å². The predicted octanol–water partition coefficient (Wildman–Crippen LogP) is 2.42. The van der Waals surface area contributed by atoms with Crippen molar-refractivity contribution in [2.75, 3.05) is 5.73 Å². The molecule has 0 aromatic heterocycles. The van der Waals surface area contributed by atoms with E-state index in [1.54, 1.807) is 0 Å². The Kier molecular flexibility index (Phi) is 4.42. The van der Waals surface area contributed by atoms with Crippen LogP contribution in [0.5, 0.6) is 0 Å². The largest absolute Gasteiger partial charge is 0.398 e. The summed E-state index contributed by atoms with van der Waals surface area (Å²) in [6.07, 6.45) is 3.91. The van der Waals surface area contributed by atoms with Gasteiger partial charge in [-0.05, 0) is 49.4 Å². The van der Waals surface area contributed by atoms with Gasteiger partial charge in [-0.3, -0.25) is 0 Å². The number of anilines is 1. The summed E-state index contributed by atoms with van der Waals surface area (Å²) in [6, 6.07) is 6.32. The van der Waals surface area contributed by atoms with Gasteiger partial charge in [0.25, 0.3) is 0 Å². The third-order valence-corrected chi connectivity index (χ3v) is 3.83. The first-order valence-corrected chi connectivity index (χ1v) is 6.90. The Morgan fingerprint density at radius 2 is 2.24 bits per heavy atom. The van der Waals surface area contributed by atoms with Gasteiger partial charge in [0.1, 0.15) is 0 Å². The Hall–Kier alpha value is -0.580. The number of benzene rings is 1. The van der Waals surface area contributed by atoms with E-state index >= 15 is 0 Å². The minimum Gasteiger partial charge on any atom is -0.398 e. The number of nitrogens with two attached hydrogens (primary N) is 1. The lowest BCUT2D eigenvalue weighted by Crippen LogP contribution is -2.35. The van der Waals surface area contributed by atoms with Gasteiger partial charge in [0, 0.05) is 22.7 Å². The van der Waals surface area contributed by atoms with Crippen LogP contribution in [0, 0.1) is 0 Å². The van der Waals surface area contributed by atoms with Crippen LogP contribution in [-0.2, 0) is 6.54 Å². The molecule has 4 N–H and O–H groups in total. The van der Waals surface area contributed by atoms with Crippen LogP contribution in [0.15, 0.2) is 22.7 Å². The quantitative estimate of drug-likeness (QED) is 0.751. The molecule has 94 valence electrons. The highest BCUT2D eigenvalue weighted by Gasteiger charge is 2.19. The molecule has 0 heterocycles.